The highest BCUT2D eigenvalue weighted by molar-refractivity contribution is 6.05. The monoisotopic (exact) mass is 385 g/mol. The van der Waals surface area contributed by atoms with Gasteiger partial charge < -0.3 is 27.0 Å². The molecule has 1 aromatic heterocycles. The van der Waals surface area contributed by atoms with Crippen molar-refractivity contribution in [1.29, 1.82) is 0 Å². The third-order valence-corrected chi connectivity index (χ3v) is 3.89. The molecule has 146 valence electrons. The van der Waals surface area contributed by atoms with Crippen molar-refractivity contribution in [1.82, 2.24) is 20.4 Å². The Morgan fingerprint density at radius 1 is 1.18 bits per heavy atom. The molecule has 28 heavy (non-hydrogen) atoms. The minimum absolute atomic E-state index is 0.0379. The van der Waals surface area contributed by atoms with Crippen molar-refractivity contribution in [3.63, 3.8) is 0 Å². The summed E-state index contributed by atoms with van der Waals surface area (Å²) in [5.74, 6) is -1.26. The van der Waals surface area contributed by atoms with Crippen LogP contribution in [0.4, 0.5) is 16.2 Å². The van der Waals surface area contributed by atoms with Crippen LogP contribution in [0.25, 0.3) is 0 Å². The van der Waals surface area contributed by atoms with Crippen LogP contribution in [0.1, 0.15) is 27.4 Å². The lowest BCUT2D eigenvalue weighted by Crippen LogP contribution is -2.35. The number of carbonyl (C=O) groups is 4. The standard InChI is InChI=1S/C17H19N7O4/c18-14(25)4-5-20-17(28)22-11-3-1-2-10(8-11)21-15(26)12-9-13-16(27)19-6-7-24(13)23-12/h1-3,8-9H,4-7H2,(H2,18,25)(H,19,27)(H,21,26)(H2,20,22,28). The van der Waals surface area contributed by atoms with Gasteiger partial charge in [-0.1, -0.05) is 6.07 Å². The number of carbonyl (C=O) groups excluding carboxylic acids is 4. The highest BCUT2D eigenvalue weighted by atomic mass is 16.2. The van der Waals surface area contributed by atoms with Gasteiger partial charge in [-0.25, -0.2) is 4.79 Å². The fourth-order valence-corrected chi connectivity index (χ4v) is 2.59. The maximum atomic E-state index is 12.4. The minimum atomic E-state index is -0.511. The number of nitrogens with two attached hydrogens (primary N) is 1. The number of primary amides is 1. The Morgan fingerprint density at radius 3 is 2.64 bits per heavy atom. The van der Waals surface area contributed by atoms with Crippen LogP contribution in [0.3, 0.4) is 0 Å². The molecule has 11 nitrogen and oxygen atoms in total. The molecule has 0 unspecified atom stereocenters. The number of rotatable bonds is 6. The van der Waals surface area contributed by atoms with Crippen LogP contribution >= 0.6 is 0 Å². The SMILES string of the molecule is NC(=O)CCNC(=O)Nc1cccc(NC(=O)c2cc3n(n2)CCNC3=O)c1. The van der Waals surface area contributed by atoms with Crippen LogP contribution in [0, 0.1) is 0 Å². The summed E-state index contributed by atoms with van der Waals surface area (Å²) in [5, 5.41) is 14.6. The Kier molecular flexibility index (Phi) is 5.53. The second kappa shape index (κ2) is 8.20. The summed E-state index contributed by atoms with van der Waals surface area (Å²) in [7, 11) is 0. The number of anilines is 2. The lowest BCUT2D eigenvalue weighted by Gasteiger charge is -2.13. The highest BCUT2D eigenvalue weighted by Gasteiger charge is 2.22. The van der Waals surface area contributed by atoms with Gasteiger partial charge in [0.2, 0.25) is 5.91 Å². The maximum Gasteiger partial charge on any atom is 0.319 e. The van der Waals surface area contributed by atoms with E-state index in [-0.39, 0.29) is 24.6 Å². The molecule has 2 heterocycles. The normalized spacial score (nSPS) is 12.5. The Bertz CT molecular complexity index is 937. The van der Waals surface area contributed by atoms with E-state index < -0.39 is 17.8 Å². The van der Waals surface area contributed by atoms with Gasteiger partial charge in [-0.2, -0.15) is 5.10 Å². The molecular formula is C17H19N7O4. The molecule has 6 N–H and O–H groups in total. The Morgan fingerprint density at radius 2 is 1.93 bits per heavy atom. The topological polar surface area (TPSA) is 160 Å². The van der Waals surface area contributed by atoms with Gasteiger partial charge in [0.05, 0.1) is 6.54 Å². The van der Waals surface area contributed by atoms with Crippen molar-refractivity contribution in [3.05, 3.63) is 41.7 Å². The number of nitrogens with zero attached hydrogens (tertiary/aromatic N) is 2. The number of hydrogen-bond acceptors (Lipinski definition) is 5. The summed E-state index contributed by atoms with van der Waals surface area (Å²) in [5.41, 5.74) is 6.34. The summed E-state index contributed by atoms with van der Waals surface area (Å²) in [6.45, 7) is 1.08. The van der Waals surface area contributed by atoms with E-state index in [0.29, 0.717) is 30.2 Å². The summed E-state index contributed by atoms with van der Waals surface area (Å²) in [6.07, 6.45) is 0.0379. The number of nitrogens with one attached hydrogen (secondary N) is 4. The molecule has 0 atom stereocenters. The van der Waals surface area contributed by atoms with Crippen LogP contribution in [0.5, 0.6) is 0 Å². The molecule has 0 aliphatic carbocycles. The molecular weight excluding hydrogens is 366 g/mol. The molecule has 0 fully saturated rings. The van der Waals surface area contributed by atoms with Gasteiger partial charge in [-0.3, -0.25) is 19.1 Å². The summed E-state index contributed by atoms with van der Waals surface area (Å²) in [6, 6.07) is 7.43. The smallest absolute Gasteiger partial charge is 0.319 e. The van der Waals surface area contributed by atoms with Crippen LogP contribution in [-0.4, -0.2) is 46.6 Å². The van der Waals surface area contributed by atoms with Crippen LogP contribution in [-0.2, 0) is 11.3 Å². The van der Waals surface area contributed by atoms with Gasteiger partial charge >= 0.3 is 6.03 Å². The molecule has 0 spiro atoms. The van der Waals surface area contributed by atoms with Crippen molar-refractivity contribution in [2.45, 2.75) is 13.0 Å². The Hall–Kier alpha value is -3.89. The fourth-order valence-electron chi connectivity index (χ4n) is 2.59. The van der Waals surface area contributed by atoms with E-state index in [1.54, 1.807) is 24.3 Å². The zero-order chi connectivity index (χ0) is 20.1. The van der Waals surface area contributed by atoms with E-state index in [1.165, 1.54) is 10.7 Å². The van der Waals surface area contributed by atoms with E-state index in [1.807, 2.05) is 0 Å². The number of hydrogen-bond donors (Lipinski definition) is 5. The van der Waals surface area contributed by atoms with Gasteiger partial charge in [0.25, 0.3) is 11.8 Å². The third kappa shape index (κ3) is 4.63. The molecule has 3 rings (SSSR count). The number of benzene rings is 1. The van der Waals surface area contributed by atoms with Gasteiger partial charge in [0.1, 0.15) is 5.69 Å². The molecule has 11 heteroatoms. The summed E-state index contributed by atoms with van der Waals surface area (Å²) in [4.78, 5) is 46.6. The quantitative estimate of drug-likeness (QED) is 0.468. The van der Waals surface area contributed by atoms with Gasteiger partial charge in [0.15, 0.2) is 5.69 Å². The molecule has 2 aromatic rings. The first-order chi connectivity index (χ1) is 13.4. The second-order valence-corrected chi connectivity index (χ2v) is 6.03. The van der Waals surface area contributed by atoms with Gasteiger partial charge in [0, 0.05) is 37.0 Å². The second-order valence-electron chi connectivity index (χ2n) is 6.03. The molecule has 1 aromatic carbocycles. The summed E-state index contributed by atoms with van der Waals surface area (Å²) < 4.78 is 1.49. The molecule has 0 bridgehead atoms. The first-order valence-corrected chi connectivity index (χ1v) is 8.53. The van der Waals surface area contributed by atoms with Crippen molar-refractivity contribution in [2.24, 2.45) is 5.73 Å². The van der Waals surface area contributed by atoms with Gasteiger partial charge in [-0.05, 0) is 18.2 Å². The van der Waals surface area contributed by atoms with E-state index in [0.717, 1.165) is 0 Å². The van der Waals surface area contributed by atoms with Crippen molar-refractivity contribution in [3.8, 4) is 0 Å². The largest absolute Gasteiger partial charge is 0.370 e. The highest BCUT2D eigenvalue weighted by Crippen LogP contribution is 2.16. The first kappa shape index (κ1) is 18.9. The number of amides is 5. The van der Waals surface area contributed by atoms with E-state index in [4.69, 9.17) is 5.73 Å². The Balaban J connectivity index is 1.61. The summed E-state index contributed by atoms with van der Waals surface area (Å²) >= 11 is 0. The van der Waals surface area contributed by atoms with Crippen LogP contribution < -0.4 is 27.0 Å². The zero-order valence-electron chi connectivity index (χ0n) is 14.8. The van der Waals surface area contributed by atoms with Gasteiger partial charge in [-0.15, -0.1) is 0 Å². The Labute approximate surface area is 159 Å². The average Bonchev–Trinajstić information content (AvgIpc) is 3.07. The van der Waals surface area contributed by atoms with E-state index in [9.17, 15) is 19.2 Å². The predicted molar refractivity (Wildman–Crippen MR) is 99.8 cm³/mol. The maximum absolute atomic E-state index is 12.4. The fraction of sp³-hybridized carbons (Fsp3) is 0.235. The first-order valence-electron chi connectivity index (χ1n) is 8.53. The van der Waals surface area contributed by atoms with Crippen molar-refractivity contribution < 1.29 is 19.2 Å². The van der Waals surface area contributed by atoms with Crippen molar-refractivity contribution >= 4 is 35.1 Å². The van der Waals surface area contributed by atoms with E-state index in [2.05, 4.69) is 26.4 Å². The third-order valence-electron chi connectivity index (χ3n) is 3.89. The number of urea groups is 1. The zero-order valence-corrected chi connectivity index (χ0v) is 14.8. The van der Waals surface area contributed by atoms with Crippen molar-refractivity contribution in [2.75, 3.05) is 23.7 Å². The minimum Gasteiger partial charge on any atom is -0.370 e. The van der Waals surface area contributed by atoms with E-state index >= 15 is 0 Å². The average molecular weight is 385 g/mol. The number of fused-ring (bicyclic) bond motifs is 1. The van der Waals surface area contributed by atoms with Crippen LogP contribution in [0.2, 0.25) is 0 Å². The lowest BCUT2D eigenvalue weighted by molar-refractivity contribution is -0.117. The molecule has 1 aliphatic rings. The predicted octanol–water partition coefficient (Wildman–Crippen LogP) is -0.124. The molecule has 0 radical (unpaired) electrons. The molecule has 0 saturated heterocycles. The number of aromatic nitrogens is 2. The molecule has 5 amide bonds. The van der Waals surface area contributed by atoms with Crippen LogP contribution in [0.15, 0.2) is 30.3 Å². The molecule has 1 aliphatic heterocycles. The molecule has 0 saturated carbocycles. The lowest BCUT2D eigenvalue weighted by atomic mass is 10.2.